The monoisotopic (exact) mass is 390 g/mol. The Morgan fingerprint density at radius 2 is 2.19 bits per heavy atom. The first-order chi connectivity index (χ1) is 13.0. The fraction of sp³-hybridized carbons (Fsp3) is 0.444. The van der Waals surface area contributed by atoms with E-state index in [1.54, 1.807) is 29.7 Å². The van der Waals surface area contributed by atoms with Crippen molar-refractivity contribution in [3.8, 4) is 0 Å². The smallest absolute Gasteiger partial charge is 0.321 e. The Bertz CT molecular complexity index is 908. The zero-order valence-corrected chi connectivity index (χ0v) is 16.0. The first-order valence-corrected chi connectivity index (χ1v) is 9.68. The van der Waals surface area contributed by atoms with Crippen molar-refractivity contribution in [2.75, 3.05) is 13.7 Å². The van der Waals surface area contributed by atoms with Crippen LogP contribution in [-0.2, 0) is 16.1 Å². The van der Waals surface area contributed by atoms with Crippen LogP contribution in [0.1, 0.15) is 19.8 Å². The third-order valence-electron chi connectivity index (χ3n) is 4.35. The summed E-state index contributed by atoms with van der Waals surface area (Å²) in [4.78, 5) is 41.1. The number of benzene rings is 1. The molecule has 0 bridgehead atoms. The number of aromatic nitrogens is 2. The molecule has 3 rings (SSSR count). The van der Waals surface area contributed by atoms with Crippen molar-refractivity contribution < 1.29 is 14.3 Å². The molecule has 8 nitrogen and oxygen atoms in total. The van der Waals surface area contributed by atoms with E-state index in [4.69, 9.17) is 4.74 Å². The van der Waals surface area contributed by atoms with Crippen LogP contribution in [0.15, 0.2) is 34.2 Å². The second-order valence-corrected chi connectivity index (χ2v) is 7.60. The predicted octanol–water partition coefficient (Wildman–Crippen LogP) is 1.51. The predicted molar refractivity (Wildman–Crippen MR) is 103 cm³/mol. The third-order valence-corrected chi connectivity index (χ3v) is 5.44. The highest BCUT2D eigenvalue weighted by Gasteiger charge is 2.23. The van der Waals surface area contributed by atoms with Gasteiger partial charge >= 0.3 is 6.03 Å². The van der Waals surface area contributed by atoms with Crippen molar-refractivity contribution >= 4 is 34.6 Å². The van der Waals surface area contributed by atoms with E-state index in [-0.39, 0.29) is 11.7 Å². The minimum Gasteiger partial charge on any atom is -0.376 e. The van der Waals surface area contributed by atoms with E-state index in [2.05, 4.69) is 15.6 Å². The molecule has 1 fully saturated rings. The number of thioether (sulfide) groups is 1. The number of fused-ring (bicyclic) bond motifs is 1. The van der Waals surface area contributed by atoms with Gasteiger partial charge in [-0.05, 0) is 31.9 Å². The van der Waals surface area contributed by atoms with Gasteiger partial charge in [0.1, 0.15) is 0 Å². The van der Waals surface area contributed by atoms with Gasteiger partial charge in [0, 0.05) is 13.7 Å². The van der Waals surface area contributed by atoms with Crippen molar-refractivity contribution in [1.29, 1.82) is 0 Å². The third kappa shape index (κ3) is 4.48. The minimum atomic E-state index is -0.605. The van der Waals surface area contributed by atoms with Crippen LogP contribution in [0.4, 0.5) is 4.79 Å². The minimum absolute atomic E-state index is 0.0417. The number of carbonyl (C=O) groups excluding carboxylic acids is 2. The standard InChI is InChI=1S/C18H22N4O4S/c1-11(15(23)21-17(25)19-2)27-18-20-14-8-4-3-7-13(14)16(24)22(18)10-12-6-5-9-26-12/h3-4,7-8,11-12H,5-6,9-10H2,1-2H3,(H2,19,21,23,25). The highest BCUT2D eigenvalue weighted by Crippen LogP contribution is 2.24. The number of urea groups is 1. The van der Waals surface area contributed by atoms with Gasteiger partial charge in [-0.15, -0.1) is 0 Å². The molecule has 2 N–H and O–H groups in total. The molecule has 0 saturated carbocycles. The van der Waals surface area contributed by atoms with Gasteiger partial charge in [0.25, 0.3) is 5.56 Å². The zero-order valence-electron chi connectivity index (χ0n) is 15.2. The van der Waals surface area contributed by atoms with Crippen molar-refractivity contribution in [2.24, 2.45) is 0 Å². The molecular weight excluding hydrogens is 368 g/mol. The van der Waals surface area contributed by atoms with Gasteiger partial charge in [-0.25, -0.2) is 9.78 Å². The average molecular weight is 390 g/mol. The Hall–Kier alpha value is -2.39. The second kappa shape index (κ2) is 8.53. The van der Waals surface area contributed by atoms with Crippen LogP contribution in [0, 0.1) is 0 Å². The van der Waals surface area contributed by atoms with Crippen molar-refractivity contribution in [1.82, 2.24) is 20.2 Å². The van der Waals surface area contributed by atoms with Gasteiger partial charge in [0.05, 0.1) is 28.8 Å². The number of nitrogens with one attached hydrogen (secondary N) is 2. The topological polar surface area (TPSA) is 102 Å². The number of rotatable bonds is 5. The fourth-order valence-corrected chi connectivity index (χ4v) is 3.80. The maximum atomic E-state index is 13.0. The summed E-state index contributed by atoms with van der Waals surface area (Å²) >= 11 is 1.15. The van der Waals surface area contributed by atoms with Crippen molar-refractivity contribution in [3.63, 3.8) is 0 Å². The summed E-state index contributed by atoms with van der Waals surface area (Å²) in [6.45, 7) is 2.75. The van der Waals surface area contributed by atoms with Crippen LogP contribution < -0.4 is 16.2 Å². The Labute approximate surface area is 160 Å². The zero-order chi connectivity index (χ0) is 19.4. The number of nitrogens with zero attached hydrogens (tertiary/aromatic N) is 2. The van der Waals surface area contributed by atoms with E-state index >= 15 is 0 Å². The summed E-state index contributed by atoms with van der Waals surface area (Å²) in [5.74, 6) is -0.453. The van der Waals surface area contributed by atoms with Gasteiger partial charge in [0.15, 0.2) is 5.16 Å². The van der Waals surface area contributed by atoms with Gasteiger partial charge < -0.3 is 10.1 Å². The summed E-state index contributed by atoms with van der Waals surface area (Å²) in [7, 11) is 1.44. The molecule has 9 heteroatoms. The van der Waals surface area contributed by atoms with Crippen LogP contribution in [0.2, 0.25) is 0 Å². The fourth-order valence-electron chi connectivity index (χ4n) is 2.88. The molecule has 0 radical (unpaired) electrons. The lowest BCUT2D eigenvalue weighted by Crippen LogP contribution is -2.41. The number of hydrogen-bond donors (Lipinski definition) is 2. The highest BCUT2D eigenvalue weighted by molar-refractivity contribution is 8.00. The molecule has 0 spiro atoms. The number of ether oxygens (including phenoxy) is 1. The molecule has 144 valence electrons. The second-order valence-electron chi connectivity index (χ2n) is 6.29. The molecule has 2 aromatic rings. The Morgan fingerprint density at radius 3 is 2.89 bits per heavy atom. The van der Waals surface area contributed by atoms with Crippen LogP contribution in [0.3, 0.4) is 0 Å². The Kier molecular flexibility index (Phi) is 6.12. The molecular formula is C18H22N4O4S. The lowest BCUT2D eigenvalue weighted by Gasteiger charge is -2.18. The van der Waals surface area contributed by atoms with Gasteiger partial charge in [-0.2, -0.15) is 0 Å². The Balaban J connectivity index is 1.93. The summed E-state index contributed by atoms with van der Waals surface area (Å²) in [6.07, 6.45) is 1.81. The molecule has 1 aliphatic rings. The molecule has 1 aromatic carbocycles. The molecule has 0 aliphatic carbocycles. The van der Waals surface area contributed by atoms with E-state index < -0.39 is 17.2 Å². The van der Waals surface area contributed by atoms with E-state index in [9.17, 15) is 14.4 Å². The van der Waals surface area contributed by atoms with Crippen LogP contribution >= 0.6 is 11.8 Å². The summed E-state index contributed by atoms with van der Waals surface area (Å²) in [5, 5.41) is 4.95. The normalized spacial score (nSPS) is 17.6. The molecule has 2 unspecified atom stereocenters. The lowest BCUT2D eigenvalue weighted by molar-refractivity contribution is -0.119. The van der Waals surface area contributed by atoms with E-state index in [0.717, 1.165) is 24.6 Å². The summed E-state index contributed by atoms with van der Waals surface area (Å²) in [5.41, 5.74) is 0.421. The summed E-state index contributed by atoms with van der Waals surface area (Å²) < 4.78 is 7.25. The number of hydrogen-bond acceptors (Lipinski definition) is 6. The molecule has 1 aromatic heterocycles. The molecule has 2 atom stereocenters. The van der Waals surface area contributed by atoms with E-state index in [0.29, 0.717) is 29.2 Å². The summed E-state index contributed by atoms with van der Waals surface area (Å²) in [6, 6.07) is 6.55. The molecule has 3 amide bonds. The average Bonchev–Trinajstić information content (AvgIpc) is 3.17. The quantitative estimate of drug-likeness (QED) is 0.593. The Morgan fingerprint density at radius 1 is 1.41 bits per heavy atom. The van der Waals surface area contributed by atoms with Crippen LogP contribution in [-0.4, -0.2) is 46.5 Å². The van der Waals surface area contributed by atoms with Gasteiger partial charge in [0.2, 0.25) is 5.91 Å². The lowest BCUT2D eigenvalue weighted by atomic mass is 10.2. The maximum Gasteiger partial charge on any atom is 0.321 e. The molecule has 2 heterocycles. The van der Waals surface area contributed by atoms with E-state index in [1.807, 2.05) is 6.07 Å². The number of para-hydroxylation sites is 1. The van der Waals surface area contributed by atoms with Crippen LogP contribution in [0.25, 0.3) is 10.9 Å². The molecule has 1 aliphatic heterocycles. The SMILES string of the molecule is CNC(=O)NC(=O)C(C)Sc1nc2ccccc2c(=O)n1CC1CCCO1. The van der Waals surface area contributed by atoms with Crippen LogP contribution in [0.5, 0.6) is 0 Å². The number of amides is 3. The largest absolute Gasteiger partial charge is 0.376 e. The van der Waals surface area contributed by atoms with Crippen molar-refractivity contribution in [3.05, 3.63) is 34.6 Å². The maximum absolute atomic E-state index is 13.0. The molecule has 27 heavy (non-hydrogen) atoms. The molecule has 1 saturated heterocycles. The number of carbonyl (C=O) groups is 2. The first kappa shape index (κ1) is 19.4. The van der Waals surface area contributed by atoms with Gasteiger partial charge in [-0.1, -0.05) is 23.9 Å². The van der Waals surface area contributed by atoms with Crippen molar-refractivity contribution in [2.45, 2.75) is 42.8 Å². The number of imide groups is 1. The highest BCUT2D eigenvalue weighted by atomic mass is 32.2. The first-order valence-electron chi connectivity index (χ1n) is 8.80. The van der Waals surface area contributed by atoms with E-state index in [1.165, 1.54) is 7.05 Å². The van der Waals surface area contributed by atoms with Gasteiger partial charge in [-0.3, -0.25) is 19.5 Å².